The largest absolute Gasteiger partial charge is 0.268 e. The lowest BCUT2D eigenvalue weighted by atomic mass is 9.96. The molecule has 1 unspecified atom stereocenters. The minimum Gasteiger partial charge on any atom is -0.268 e. The van der Waals surface area contributed by atoms with E-state index < -0.39 is 0 Å². The number of rotatable bonds is 4. The molecule has 1 aromatic heterocycles. The second-order valence-electron chi connectivity index (χ2n) is 4.82. The number of hydrogen-bond acceptors (Lipinski definition) is 1. The molecule has 0 radical (unpaired) electrons. The summed E-state index contributed by atoms with van der Waals surface area (Å²) in [6.45, 7) is 7.01. The van der Waals surface area contributed by atoms with Crippen LogP contribution in [0.5, 0.6) is 0 Å². The maximum Gasteiger partial charge on any atom is 0.0847 e. The van der Waals surface area contributed by atoms with E-state index in [-0.39, 0.29) is 10.8 Å². The highest BCUT2D eigenvalue weighted by molar-refractivity contribution is 6.31. The fourth-order valence-corrected chi connectivity index (χ4v) is 2.74. The molecule has 0 bridgehead atoms. The summed E-state index contributed by atoms with van der Waals surface area (Å²) in [5.41, 5.74) is 2.35. The number of aromatic nitrogens is 2. The monoisotopic (exact) mass is 260 g/mol. The predicted molar refractivity (Wildman–Crippen MR) is 68.3 cm³/mol. The Kier molecular flexibility index (Phi) is 3.24. The summed E-state index contributed by atoms with van der Waals surface area (Å²) in [5.74, 6) is 0. The van der Waals surface area contributed by atoms with E-state index in [0.717, 1.165) is 29.4 Å². The zero-order valence-electron chi connectivity index (χ0n) is 10.1. The van der Waals surface area contributed by atoms with Crippen molar-refractivity contribution in [2.45, 2.75) is 52.0 Å². The minimum absolute atomic E-state index is 0.212. The van der Waals surface area contributed by atoms with E-state index in [1.54, 1.807) is 0 Å². The van der Waals surface area contributed by atoms with E-state index in [4.69, 9.17) is 23.2 Å². The predicted octanol–water partition coefficient (Wildman–Crippen LogP) is 3.81. The highest BCUT2D eigenvalue weighted by atomic mass is 35.5. The lowest BCUT2D eigenvalue weighted by Crippen LogP contribution is -2.18. The van der Waals surface area contributed by atoms with Gasteiger partial charge in [-0.15, -0.1) is 11.6 Å². The number of nitrogens with zero attached hydrogens (tertiary/aromatic N) is 2. The molecule has 0 aliphatic heterocycles. The molecule has 16 heavy (non-hydrogen) atoms. The first kappa shape index (κ1) is 12.3. The van der Waals surface area contributed by atoms with E-state index >= 15 is 0 Å². The summed E-state index contributed by atoms with van der Waals surface area (Å²) >= 11 is 12.6. The molecule has 4 heteroatoms. The molecule has 0 N–H and O–H groups in total. The Morgan fingerprint density at radius 1 is 1.50 bits per heavy atom. The van der Waals surface area contributed by atoms with Crippen molar-refractivity contribution in [2.24, 2.45) is 5.41 Å². The molecule has 1 heterocycles. The van der Waals surface area contributed by atoms with Crippen molar-refractivity contribution in [3.63, 3.8) is 0 Å². The third-order valence-corrected chi connectivity index (χ3v) is 4.66. The van der Waals surface area contributed by atoms with Gasteiger partial charge in [0.25, 0.3) is 0 Å². The zero-order chi connectivity index (χ0) is 11.9. The van der Waals surface area contributed by atoms with Crippen LogP contribution in [0.3, 0.4) is 0 Å². The number of alkyl halides is 1. The van der Waals surface area contributed by atoms with Crippen molar-refractivity contribution in [3.05, 3.63) is 16.4 Å². The van der Waals surface area contributed by atoms with Crippen molar-refractivity contribution in [1.29, 1.82) is 0 Å². The summed E-state index contributed by atoms with van der Waals surface area (Å²) in [4.78, 5) is 0. The Hall–Kier alpha value is -0.210. The molecule has 0 saturated heterocycles. The Morgan fingerprint density at radius 3 is 2.56 bits per heavy atom. The summed E-state index contributed by atoms with van der Waals surface area (Å²) in [7, 11) is 0. The highest BCUT2D eigenvalue weighted by Gasteiger charge is 2.47. The van der Waals surface area contributed by atoms with Gasteiger partial charge in [-0.1, -0.05) is 11.6 Å². The first-order chi connectivity index (χ1) is 7.50. The topological polar surface area (TPSA) is 17.8 Å². The van der Waals surface area contributed by atoms with Crippen LogP contribution in [-0.2, 0) is 13.0 Å². The van der Waals surface area contributed by atoms with Crippen molar-refractivity contribution >= 4 is 23.2 Å². The van der Waals surface area contributed by atoms with Crippen LogP contribution in [0.2, 0.25) is 5.02 Å². The van der Waals surface area contributed by atoms with E-state index in [2.05, 4.69) is 18.9 Å². The quantitative estimate of drug-likeness (QED) is 0.753. The molecule has 1 aliphatic rings. The molecule has 1 aliphatic carbocycles. The second-order valence-corrected chi connectivity index (χ2v) is 5.85. The Labute approximate surface area is 107 Å². The minimum atomic E-state index is 0.212. The van der Waals surface area contributed by atoms with Crippen molar-refractivity contribution in [3.8, 4) is 0 Å². The fourth-order valence-electron chi connectivity index (χ4n) is 2.25. The lowest BCUT2D eigenvalue weighted by molar-refractivity contribution is 0.468. The Balaban J connectivity index is 2.27. The maximum atomic E-state index is 6.30. The van der Waals surface area contributed by atoms with Crippen molar-refractivity contribution in [2.75, 3.05) is 0 Å². The molecule has 0 spiro atoms. The fraction of sp³-hybridized carbons (Fsp3) is 0.750. The van der Waals surface area contributed by atoms with Gasteiger partial charge >= 0.3 is 0 Å². The maximum absolute atomic E-state index is 6.30. The SMILES string of the molecule is CCn1nc(C)c(Cl)c1CC1(C(C)Cl)CC1. The molecule has 1 atom stereocenters. The van der Waals surface area contributed by atoms with Crippen LogP contribution in [0.1, 0.15) is 38.1 Å². The summed E-state index contributed by atoms with van der Waals surface area (Å²) in [6, 6.07) is 0. The van der Waals surface area contributed by atoms with Crippen LogP contribution >= 0.6 is 23.2 Å². The number of hydrogen-bond donors (Lipinski definition) is 0. The zero-order valence-corrected chi connectivity index (χ0v) is 11.6. The molecular weight excluding hydrogens is 243 g/mol. The molecule has 90 valence electrons. The average molecular weight is 261 g/mol. The van der Waals surface area contributed by atoms with E-state index in [9.17, 15) is 0 Å². The molecular formula is C12H18Cl2N2. The summed E-state index contributed by atoms with van der Waals surface area (Å²) < 4.78 is 2.01. The van der Waals surface area contributed by atoms with Gasteiger partial charge in [-0.05, 0) is 45.4 Å². The molecule has 0 amide bonds. The van der Waals surface area contributed by atoms with Gasteiger partial charge in [0.05, 0.1) is 16.4 Å². The third-order valence-electron chi connectivity index (χ3n) is 3.71. The third kappa shape index (κ3) is 1.98. The van der Waals surface area contributed by atoms with E-state index in [1.807, 2.05) is 11.6 Å². The van der Waals surface area contributed by atoms with Crippen LogP contribution in [0.15, 0.2) is 0 Å². The molecule has 1 saturated carbocycles. The van der Waals surface area contributed by atoms with Gasteiger partial charge in [0.1, 0.15) is 0 Å². The van der Waals surface area contributed by atoms with Crippen LogP contribution < -0.4 is 0 Å². The van der Waals surface area contributed by atoms with Gasteiger partial charge < -0.3 is 0 Å². The van der Waals surface area contributed by atoms with E-state index in [0.29, 0.717) is 0 Å². The normalized spacial score (nSPS) is 19.8. The number of halogens is 2. The molecule has 0 aromatic carbocycles. The van der Waals surface area contributed by atoms with Gasteiger partial charge in [-0.3, -0.25) is 4.68 Å². The Morgan fingerprint density at radius 2 is 2.12 bits per heavy atom. The van der Waals surface area contributed by atoms with E-state index in [1.165, 1.54) is 12.8 Å². The van der Waals surface area contributed by atoms with Crippen molar-refractivity contribution < 1.29 is 0 Å². The number of aryl methyl sites for hydroxylation is 2. The summed E-state index contributed by atoms with van der Waals surface area (Å²) in [6.07, 6.45) is 3.38. The van der Waals surface area contributed by atoms with Crippen LogP contribution in [0.25, 0.3) is 0 Å². The summed E-state index contributed by atoms with van der Waals surface area (Å²) in [5, 5.41) is 5.48. The Bertz CT molecular complexity index is 392. The van der Waals surface area contributed by atoms with Gasteiger partial charge in [-0.25, -0.2) is 0 Å². The highest BCUT2D eigenvalue weighted by Crippen LogP contribution is 2.53. The molecule has 2 nitrogen and oxygen atoms in total. The van der Waals surface area contributed by atoms with Gasteiger partial charge in [-0.2, -0.15) is 5.10 Å². The van der Waals surface area contributed by atoms with Crippen LogP contribution in [0.4, 0.5) is 0 Å². The lowest BCUT2D eigenvalue weighted by Gasteiger charge is -2.18. The van der Waals surface area contributed by atoms with Crippen LogP contribution in [0, 0.1) is 12.3 Å². The first-order valence-corrected chi connectivity index (χ1v) is 6.67. The first-order valence-electron chi connectivity index (χ1n) is 5.86. The standard InChI is InChI=1S/C12H18Cl2N2/c1-4-16-10(11(14)8(2)15-16)7-12(5-6-12)9(3)13/h9H,4-7H2,1-3H3. The smallest absolute Gasteiger partial charge is 0.0847 e. The second kappa shape index (κ2) is 4.23. The molecule has 2 rings (SSSR count). The van der Waals surface area contributed by atoms with Gasteiger partial charge in [0, 0.05) is 11.9 Å². The molecule has 1 aromatic rings. The van der Waals surface area contributed by atoms with Gasteiger partial charge in [0.2, 0.25) is 0 Å². The van der Waals surface area contributed by atoms with Crippen LogP contribution in [-0.4, -0.2) is 15.2 Å². The molecule has 1 fully saturated rings. The van der Waals surface area contributed by atoms with Gasteiger partial charge in [0.15, 0.2) is 0 Å². The van der Waals surface area contributed by atoms with Crippen molar-refractivity contribution in [1.82, 2.24) is 9.78 Å². The average Bonchev–Trinajstić information content (AvgIpc) is 2.97.